The van der Waals surface area contributed by atoms with Gasteiger partial charge >= 0.3 is 5.97 Å². The molecule has 4 nitrogen and oxygen atoms in total. The summed E-state index contributed by atoms with van der Waals surface area (Å²) < 4.78 is 0. The summed E-state index contributed by atoms with van der Waals surface area (Å²) in [7, 11) is 0. The SMILES string of the molecule is Cc1[nH]c(CC(=O)O)nc1-c1ccc(Cl)cc1. The van der Waals surface area contributed by atoms with Crippen LogP contribution in [0.1, 0.15) is 11.5 Å². The number of aryl methyl sites for hydroxylation is 1. The first-order valence-electron chi connectivity index (χ1n) is 5.09. The van der Waals surface area contributed by atoms with Crippen LogP contribution in [-0.4, -0.2) is 21.0 Å². The van der Waals surface area contributed by atoms with Crippen LogP contribution in [0.3, 0.4) is 0 Å². The number of aromatic amines is 1. The number of halogens is 1. The van der Waals surface area contributed by atoms with Crippen molar-refractivity contribution in [2.45, 2.75) is 13.3 Å². The highest BCUT2D eigenvalue weighted by Gasteiger charge is 2.11. The average Bonchev–Trinajstić information content (AvgIpc) is 2.59. The summed E-state index contributed by atoms with van der Waals surface area (Å²) in [6, 6.07) is 7.27. The van der Waals surface area contributed by atoms with Crippen LogP contribution in [0.4, 0.5) is 0 Å². The van der Waals surface area contributed by atoms with E-state index in [1.807, 2.05) is 19.1 Å². The zero-order valence-corrected chi connectivity index (χ0v) is 9.95. The predicted molar refractivity (Wildman–Crippen MR) is 65.1 cm³/mol. The Morgan fingerprint density at radius 1 is 1.41 bits per heavy atom. The summed E-state index contributed by atoms with van der Waals surface area (Å²) in [5.74, 6) is -0.443. The molecule has 0 aliphatic carbocycles. The van der Waals surface area contributed by atoms with Crippen molar-refractivity contribution in [1.82, 2.24) is 9.97 Å². The molecule has 17 heavy (non-hydrogen) atoms. The molecule has 88 valence electrons. The Hall–Kier alpha value is -1.81. The van der Waals surface area contributed by atoms with Crippen LogP contribution in [0.2, 0.25) is 5.02 Å². The normalized spacial score (nSPS) is 10.5. The molecular formula is C12H11ClN2O2. The summed E-state index contributed by atoms with van der Waals surface area (Å²) in [6.07, 6.45) is -0.103. The first-order chi connectivity index (χ1) is 8.06. The smallest absolute Gasteiger partial charge is 0.311 e. The summed E-state index contributed by atoms with van der Waals surface area (Å²) >= 11 is 5.81. The Balaban J connectivity index is 2.35. The van der Waals surface area contributed by atoms with Crippen molar-refractivity contribution in [1.29, 1.82) is 0 Å². The largest absolute Gasteiger partial charge is 0.481 e. The highest BCUT2D eigenvalue weighted by Crippen LogP contribution is 2.23. The maximum atomic E-state index is 10.6. The van der Waals surface area contributed by atoms with Crippen LogP contribution in [0, 0.1) is 6.92 Å². The van der Waals surface area contributed by atoms with E-state index in [0.717, 1.165) is 17.0 Å². The third-order valence-electron chi connectivity index (χ3n) is 2.37. The van der Waals surface area contributed by atoms with E-state index in [-0.39, 0.29) is 6.42 Å². The van der Waals surface area contributed by atoms with E-state index in [1.165, 1.54) is 0 Å². The van der Waals surface area contributed by atoms with Gasteiger partial charge in [-0.15, -0.1) is 0 Å². The van der Waals surface area contributed by atoms with E-state index in [9.17, 15) is 4.79 Å². The predicted octanol–water partition coefficient (Wildman–Crippen LogP) is 2.67. The number of nitrogens with zero attached hydrogens (tertiary/aromatic N) is 1. The molecule has 1 aromatic heterocycles. The topological polar surface area (TPSA) is 66.0 Å². The molecule has 0 saturated carbocycles. The Morgan fingerprint density at radius 3 is 2.65 bits per heavy atom. The van der Waals surface area contributed by atoms with Gasteiger partial charge in [0.25, 0.3) is 0 Å². The van der Waals surface area contributed by atoms with E-state index in [2.05, 4.69) is 9.97 Å². The summed E-state index contributed by atoms with van der Waals surface area (Å²) in [5.41, 5.74) is 2.53. The molecule has 2 aromatic rings. The van der Waals surface area contributed by atoms with E-state index in [4.69, 9.17) is 16.7 Å². The van der Waals surface area contributed by atoms with Gasteiger partial charge in [0, 0.05) is 16.3 Å². The minimum Gasteiger partial charge on any atom is -0.481 e. The number of H-pyrrole nitrogens is 1. The molecule has 0 aliphatic rings. The first-order valence-corrected chi connectivity index (χ1v) is 5.47. The number of hydrogen-bond acceptors (Lipinski definition) is 2. The van der Waals surface area contributed by atoms with Crippen LogP contribution in [-0.2, 0) is 11.2 Å². The third-order valence-corrected chi connectivity index (χ3v) is 2.62. The van der Waals surface area contributed by atoms with Crippen molar-refractivity contribution < 1.29 is 9.90 Å². The highest BCUT2D eigenvalue weighted by atomic mass is 35.5. The van der Waals surface area contributed by atoms with Gasteiger partial charge in [-0.1, -0.05) is 23.7 Å². The lowest BCUT2D eigenvalue weighted by molar-refractivity contribution is -0.136. The molecule has 0 aliphatic heterocycles. The van der Waals surface area contributed by atoms with Crippen LogP contribution in [0.25, 0.3) is 11.3 Å². The minimum atomic E-state index is -0.901. The molecule has 0 spiro atoms. The summed E-state index contributed by atoms with van der Waals surface area (Å²) in [5, 5.41) is 9.36. The first kappa shape index (κ1) is 11.7. The molecule has 5 heteroatoms. The zero-order valence-electron chi connectivity index (χ0n) is 9.20. The number of aliphatic carboxylic acids is 1. The van der Waals surface area contributed by atoms with Gasteiger partial charge in [0.05, 0.1) is 5.69 Å². The molecule has 0 unspecified atom stereocenters. The molecule has 2 N–H and O–H groups in total. The minimum absolute atomic E-state index is 0.103. The maximum Gasteiger partial charge on any atom is 0.311 e. The Labute approximate surface area is 103 Å². The number of imidazole rings is 1. The molecule has 0 saturated heterocycles. The number of rotatable bonds is 3. The second-order valence-corrected chi connectivity index (χ2v) is 4.17. The Bertz CT molecular complexity index is 546. The van der Waals surface area contributed by atoms with E-state index >= 15 is 0 Å². The quantitative estimate of drug-likeness (QED) is 0.880. The van der Waals surface area contributed by atoms with Crippen LogP contribution < -0.4 is 0 Å². The molecule has 1 heterocycles. The van der Waals surface area contributed by atoms with Crippen LogP contribution >= 0.6 is 11.6 Å². The van der Waals surface area contributed by atoms with Crippen molar-refractivity contribution in [3.63, 3.8) is 0 Å². The fourth-order valence-corrected chi connectivity index (χ4v) is 1.76. The summed E-state index contributed by atoms with van der Waals surface area (Å²) in [6.45, 7) is 1.86. The van der Waals surface area contributed by atoms with Gasteiger partial charge < -0.3 is 10.1 Å². The lowest BCUT2D eigenvalue weighted by Gasteiger charge is -1.98. The van der Waals surface area contributed by atoms with Gasteiger partial charge in [-0.25, -0.2) is 4.98 Å². The zero-order chi connectivity index (χ0) is 12.4. The van der Waals surface area contributed by atoms with E-state index in [1.54, 1.807) is 12.1 Å². The number of hydrogen-bond donors (Lipinski definition) is 2. The number of nitrogens with one attached hydrogen (secondary N) is 1. The molecule has 0 radical (unpaired) electrons. The molecular weight excluding hydrogens is 240 g/mol. The van der Waals surface area contributed by atoms with Crippen molar-refractivity contribution >= 4 is 17.6 Å². The van der Waals surface area contributed by atoms with Gasteiger partial charge in [-0.3, -0.25) is 4.79 Å². The Morgan fingerprint density at radius 2 is 2.06 bits per heavy atom. The fraction of sp³-hybridized carbons (Fsp3) is 0.167. The number of carboxylic acids is 1. The van der Waals surface area contributed by atoms with Gasteiger partial charge in [0.1, 0.15) is 12.2 Å². The lowest BCUT2D eigenvalue weighted by atomic mass is 10.1. The van der Waals surface area contributed by atoms with Crippen LogP contribution in [0.5, 0.6) is 0 Å². The van der Waals surface area contributed by atoms with Crippen molar-refractivity contribution in [3.05, 3.63) is 40.8 Å². The molecule has 2 rings (SSSR count). The Kier molecular flexibility index (Phi) is 3.15. The van der Waals surface area contributed by atoms with Gasteiger partial charge in [-0.05, 0) is 19.1 Å². The highest BCUT2D eigenvalue weighted by molar-refractivity contribution is 6.30. The lowest BCUT2D eigenvalue weighted by Crippen LogP contribution is -2.01. The number of carbonyl (C=O) groups is 1. The molecule has 1 aromatic carbocycles. The van der Waals surface area contributed by atoms with Gasteiger partial charge in [0.2, 0.25) is 0 Å². The summed E-state index contributed by atoms with van der Waals surface area (Å²) in [4.78, 5) is 17.8. The maximum absolute atomic E-state index is 10.6. The number of carboxylic acid groups (broad SMARTS) is 1. The molecule has 0 bridgehead atoms. The monoisotopic (exact) mass is 250 g/mol. The van der Waals surface area contributed by atoms with Gasteiger partial charge in [-0.2, -0.15) is 0 Å². The van der Waals surface area contributed by atoms with E-state index in [0.29, 0.717) is 10.8 Å². The molecule has 0 amide bonds. The molecule has 0 atom stereocenters. The van der Waals surface area contributed by atoms with E-state index < -0.39 is 5.97 Å². The average molecular weight is 251 g/mol. The fourth-order valence-electron chi connectivity index (χ4n) is 1.64. The third kappa shape index (κ3) is 2.65. The number of benzene rings is 1. The second kappa shape index (κ2) is 4.59. The number of aromatic nitrogens is 2. The van der Waals surface area contributed by atoms with Gasteiger partial charge in [0.15, 0.2) is 0 Å². The standard InChI is InChI=1S/C12H11ClN2O2/c1-7-12(8-2-4-9(13)5-3-8)15-10(14-7)6-11(16)17/h2-5H,6H2,1H3,(H,14,15)(H,16,17). The van der Waals surface area contributed by atoms with Crippen LogP contribution in [0.15, 0.2) is 24.3 Å². The van der Waals surface area contributed by atoms with Crippen molar-refractivity contribution in [2.24, 2.45) is 0 Å². The van der Waals surface area contributed by atoms with Crippen molar-refractivity contribution in [3.8, 4) is 11.3 Å². The molecule has 0 fully saturated rings. The van der Waals surface area contributed by atoms with Crippen molar-refractivity contribution in [2.75, 3.05) is 0 Å². The second-order valence-electron chi connectivity index (χ2n) is 3.73.